The molecule has 1 aromatic carbocycles. The highest BCUT2D eigenvalue weighted by molar-refractivity contribution is 9.10. The minimum absolute atomic E-state index is 0.407. The molecule has 2 unspecified atom stereocenters. The number of hydrogen-bond acceptors (Lipinski definition) is 2. The molecular weight excluding hydrogens is 312 g/mol. The Morgan fingerprint density at radius 3 is 2.70 bits per heavy atom. The van der Waals surface area contributed by atoms with Crippen LogP contribution in [0.15, 0.2) is 22.7 Å². The first-order chi connectivity index (χ1) is 9.54. The Morgan fingerprint density at radius 1 is 1.35 bits per heavy atom. The number of hydrogen-bond donors (Lipinski definition) is 1. The van der Waals surface area contributed by atoms with Gasteiger partial charge in [-0.25, -0.2) is 0 Å². The van der Waals surface area contributed by atoms with Gasteiger partial charge < -0.3 is 10.2 Å². The Hall–Kier alpha value is -0.540. The van der Waals surface area contributed by atoms with E-state index in [1.165, 1.54) is 35.1 Å². The Morgan fingerprint density at radius 2 is 2.10 bits per heavy atom. The van der Waals surface area contributed by atoms with Gasteiger partial charge in [-0.15, -0.1) is 0 Å². The Labute approximate surface area is 132 Å². The highest BCUT2D eigenvalue weighted by Gasteiger charge is 2.28. The molecule has 0 bridgehead atoms. The molecule has 1 fully saturated rings. The van der Waals surface area contributed by atoms with E-state index in [1.54, 1.807) is 0 Å². The zero-order valence-electron chi connectivity index (χ0n) is 13.1. The van der Waals surface area contributed by atoms with Crippen LogP contribution in [0.3, 0.4) is 0 Å². The molecule has 1 saturated heterocycles. The SMILES string of the molecule is CCNC(C)c1ccc(N2CCCC2C(C)C)c(Br)c1. The summed E-state index contributed by atoms with van der Waals surface area (Å²) in [5.74, 6) is 0.713. The van der Waals surface area contributed by atoms with Crippen LogP contribution in [0.25, 0.3) is 0 Å². The van der Waals surface area contributed by atoms with Gasteiger partial charge in [0, 0.05) is 23.1 Å². The van der Waals surface area contributed by atoms with E-state index in [9.17, 15) is 0 Å². The van der Waals surface area contributed by atoms with Crippen LogP contribution in [-0.4, -0.2) is 19.1 Å². The molecule has 0 radical (unpaired) electrons. The van der Waals surface area contributed by atoms with Gasteiger partial charge in [-0.2, -0.15) is 0 Å². The average Bonchev–Trinajstić information content (AvgIpc) is 2.88. The van der Waals surface area contributed by atoms with Gasteiger partial charge in [-0.1, -0.05) is 26.8 Å². The van der Waals surface area contributed by atoms with Crippen LogP contribution < -0.4 is 10.2 Å². The number of rotatable bonds is 5. The lowest BCUT2D eigenvalue weighted by Gasteiger charge is -2.31. The minimum atomic E-state index is 0.407. The topological polar surface area (TPSA) is 15.3 Å². The Bertz CT molecular complexity index is 445. The maximum atomic E-state index is 3.78. The molecule has 2 nitrogen and oxygen atoms in total. The first kappa shape index (κ1) is 15.8. The fourth-order valence-electron chi connectivity index (χ4n) is 3.23. The van der Waals surface area contributed by atoms with Crippen LogP contribution in [0.2, 0.25) is 0 Å². The van der Waals surface area contributed by atoms with Crippen LogP contribution in [0.1, 0.15) is 52.1 Å². The van der Waals surface area contributed by atoms with Gasteiger partial charge in [-0.3, -0.25) is 0 Å². The van der Waals surface area contributed by atoms with Crippen molar-refractivity contribution in [2.45, 2.75) is 52.6 Å². The quantitative estimate of drug-likeness (QED) is 0.833. The van der Waals surface area contributed by atoms with Crippen LogP contribution in [0.4, 0.5) is 5.69 Å². The molecule has 1 aromatic rings. The van der Waals surface area contributed by atoms with E-state index in [0.717, 1.165) is 6.54 Å². The van der Waals surface area contributed by atoms with Crippen LogP contribution in [0, 0.1) is 5.92 Å². The van der Waals surface area contributed by atoms with E-state index in [1.807, 2.05) is 0 Å². The van der Waals surface area contributed by atoms with Gasteiger partial charge in [0.2, 0.25) is 0 Å². The summed E-state index contributed by atoms with van der Waals surface area (Å²) in [5, 5.41) is 3.47. The molecule has 0 aromatic heterocycles. The van der Waals surface area contributed by atoms with Gasteiger partial charge in [0.25, 0.3) is 0 Å². The van der Waals surface area contributed by atoms with Crippen molar-refractivity contribution in [1.29, 1.82) is 0 Å². The maximum Gasteiger partial charge on any atom is 0.0513 e. The number of anilines is 1. The first-order valence-electron chi connectivity index (χ1n) is 7.84. The molecule has 1 heterocycles. The fourth-order valence-corrected chi connectivity index (χ4v) is 3.86. The zero-order chi connectivity index (χ0) is 14.7. The summed E-state index contributed by atoms with van der Waals surface area (Å²) in [6.07, 6.45) is 2.63. The molecule has 2 atom stereocenters. The van der Waals surface area contributed by atoms with Crippen LogP contribution in [-0.2, 0) is 0 Å². The summed E-state index contributed by atoms with van der Waals surface area (Å²) in [6.45, 7) is 11.2. The second-order valence-corrected chi connectivity index (χ2v) is 6.99. The van der Waals surface area contributed by atoms with Crippen molar-refractivity contribution in [3.05, 3.63) is 28.2 Å². The molecule has 2 rings (SSSR count). The van der Waals surface area contributed by atoms with E-state index >= 15 is 0 Å². The lowest BCUT2D eigenvalue weighted by Crippen LogP contribution is -2.33. The largest absolute Gasteiger partial charge is 0.367 e. The molecular formula is C17H27BrN2. The molecule has 3 heteroatoms. The number of halogens is 1. The second kappa shape index (κ2) is 6.95. The van der Waals surface area contributed by atoms with E-state index < -0.39 is 0 Å². The highest BCUT2D eigenvalue weighted by Crippen LogP contribution is 2.36. The van der Waals surface area contributed by atoms with E-state index in [0.29, 0.717) is 18.0 Å². The Kier molecular flexibility index (Phi) is 5.50. The van der Waals surface area contributed by atoms with Crippen molar-refractivity contribution in [2.24, 2.45) is 5.92 Å². The molecule has 1 aliphatic heterocycles. The fraction of sp³-hybridized carbons (Fsp3) is 0.647. The molecule has 0 amide bonds. The predicted octanol–water partition coefficient (Wildman–Crippen LogP) is 4.74. The van der Waals surface area contributed by atoms with Crippen LogP contribution in [0.5, 0.6) is 0 Å². The van der Waals surface area contributed by atoms with Crippen molar-refractivity contribution in [3.63, 3.8) is 0 Å². The Balaban J connectivity index is 2.21. The summed E-state index contributed by atoms with van der Waals surface area (Å²) in [7, 11) is 0. The molecule has 0 saturated carbocycles. The van der Waals surface area contributed by atoms with Crippen molar-refractivity contribution < 1.29 is 0 Å². The zero-order valence-corrected chi connectivity index (χ0v) is 14.7. The molecule has 0 aliphatic carbocycles. The summed E-state index contributed by atoms with van der Waals surface area (Å²) < 4.78 is 1.23. The monoisotopic (exact) mass is 338 g/mol. The van der Waals surface area contributed by atoms with Crippen molar-refractivity contribution in [3.8, 4) is 0 Å². The normalized spacial score (nSPS) is 20.7. The third kappa shape index (κ3) is 3.37. The van der Waals surface area contributed by atoms with Gasteiger partial charge >= 0.3 is 0 Å². The van der Waals surface area contributed by atoms with Crippen molar-refractivity contribution in [2.75, 3.05) is 18.0 Å². The summed E-state index contributed by atoms with van der Waals surface area (Å²) in [4.78, 5) is 2.58. The number of nitrogens with zero attached hydrogens (tertiary/aromatic N) is 1. The van der Waals surface area contributed by atoms with E-state index in [2.05, 4.69) is 72.0 Å². The predicted molar refractivity (Wildman–Crippen MR) is 91.4 cm³/mol. The first-order valence-corrected chi connectivity index (χ1v) is 8.63. The second-order valence-electron chi connectivity index (χ2n) is 6.14. The van der Waals surface area contributed by atoms with Crippen LogP contribution >= 0.6 is 15.9 Å². The standard InChI is InChI=1S/C17H27BrN2/c1-5-19-13(4)14-8-9-17(15(18)11-14)20-10-6-7-16(20)12(2)3/h8-9,11-13,16,19H,5-7,10H2,1-4H3. The van der Waals surface area contributed by atoms with Gasteiger partial charge in [0.15, 0.2) is 0 Å². The third-order valence-electron chi connectivity index (χ3n) is 4.36. The third-order valence-corrected chi connectivity index (χ3v) is 5.00. The summed E-state index contributed by atoms with van der Waals surface area (Å²) in [5.41, 5.74) is 2.71. The average molecular weight is 339 g/mol. The maximum absolute atomic E-state index is 3.78. The molecule has 1 aliphatic rings. The van der Waals surface area contributed by atoms with Gasteiger partial charge in [0.05, 0.1) is 5.69 Å². The van der Waals surface area contributed by atoms with Gasteiger partial charge in [-0.05, 0) is 65.9 Å². The number of benzene rings is 1. The lowest BCUT2D eigenvalue weighted by atomic mass is 10.0. The number of nitrogens with one attached hydrogen (secondary N) is 1. The van der Waals surface area contributed by atoms with E-state index in [-0.39, 0.29) is 0 Å². The molecule has 1 N–H and O–H groups in total. The van der Waals surface area contributed by atoms with Crippen molar-refractivity contribution >= 4 is 21.6 Å². The van der Waals surface area contributed by atoms with E-state index in [4.69, 9.17) is 0 Å². The highest BCUT2D eigenvalue weighted by atomic mass is 79.9. The molecule has 112 valence electrons. The van der Waals surface area contributed by atoms with Gasteiger partial charge in [0.1, 0.15) is 0 Å². The minimum Gasteiger partial charge on any atom is -0.367 e. The summed E-state index contributed by atoms with van der Waals surface area (Å²) >= 11 is 3.78. The lowest BCUT2D eigenvalue weighted by molar-refractivity contribution is 0.491. The van der Waals surface area contributed by atoms with Crippen molar-refractivity contribution in [1.82, 2.24) is 5.32 Å². The molecule has 0 spiro atoms. The smallest absolute Gasteiger partial charge is 0.0513 e. The summed E-state index contributed by atoms with van der Waals surface area (Å²) in [6, 6.07) is 7.92. The molecule has 20 heavy (non-hydrogen) atoms.